The molecule has 0 aromatic heterocycles. The van der Waals surface area contributed by atoms with Crippen LogP contribution < -0.4 is 10.2 Å². The van der Waals surface area contributed by atoms with Crippen LogP contribution in [0.15, 0.2) is 60.8 Å². The number of hydrogen-bond donors (Lipinski definition) is 3. The third-order valence-electron chi connectivity index (χ3n) is 9.04. The fraction of sp³-hybridized carbons (Fsp3) is 0.750. The molecule has 54 heavy (non-hydrogen) atoms. The van der Waals surface area contributed by atoms with Gasteiger partial charge in [-0.15, -0.1) is 0 Å². The minimum atomic E-state index is -4.61. The van der Waals surface area contributed by atoms with Gasteiger partial charge in [-0.1, -0.05) is 158 Å². The van der Waals surface area contributed by atoms with E-state index in [1.54, 1.807) is 6.08 Å². The molecule has 1 unspecified atom stereocenters. The van der Waals surface area contributed by atoms with Crippen LogP contribution in [-0.4, -0.2) is 79.8 Å². The molecule has 9 nitrogen and oxygen atoms in total. The Morgan fingerprint density at radius 1 is 0.685 bits per heavy atom. The Kier molecular flexibility index (Phi) is 34.4. The van der Waals surface area contributed by atoms with Crippen molar-refractivity contribution in [2.24, 2.45) is 0 Å². The Hall–Kier alpha value is -1.84. The number of phosphoric ester groups is 1. The lowest BCUT2D eigenvalue weighted by Gasteiger charge is -2.29. The molecule has 0 aromatic rings. The van der Waals surface area contributed by atoms with Gasteiger partial charge in [0.2, 0.25) is 5.91 Å². The monoisotopic (exact) mass is 781 g/mol. The van der Waals surface area contributed by atoms with E-state index in [2.05, 4.69) is 55.6 Å². The van der Waals surface area contributed by atoms with E-state index in [1.165, 1.54) is 64.2 Å². The second kappa shape index (κ2) is 35.6. The second-order valence-corrected chi connectivity index (χ2v) is 16.9. The number of carbonyl (C=O) groups excluding carboxylic acids is 1. The second-order valence-electron chi connectivity index (χ2n) is 15.5. The molecule has 0 saturated heterocycles. The molecule has 10 heteroatoms. The van der Waals surface area contributed by atoms with Gasteiger partial charge in [-0.2, -0.15) is 0 Å². The Morgan fingerprint density at radius 2 is 1.20 bits per heavy atom. The molecule has 0 fully saturated rings. The predicted octanol–water partition coefficient (Wildman–Crippen LogP) is 9.80. The lowest BCUT2D eigenvalue weighted by molar-refractivity contribution is -0.870. The van der Waals surface area contributed by atoms with E-state index >= 15 is 0 Å². The average Bonchev–Trinajstić information content (AvgIpc) is 3.11. The van der Waals surface area contributed by atoms with Crippen molar-refractivity contribution in [1.29, 1.82) is 0 Å². The lowest BCUT2D eigenvalue weighted by Crippen LogP contribution is -2.45. The maximum Gasteiger partial charge on any atom is 0.268 e. The number of carbonyl (C=O) groups is 1. The number of phosphoric acid groups is 1. The first-order valence-corrected chi connectivity index (χ1v) is 22.7. The van der Waals surface area contributed by atoms with Crippen LogP contribution in [0.25, 0.3) is 0 Å². The minimum Gasteiger partial charge on any atom is -0.756 e. The van der Waals surface area contributed by atoms with Gasteiger partial charge in [0.05, 0.1) is 46.0 Å². The molecule has 0 radical (unpaired) electrons. The summed E-state index contributed by atoms with van der Waals surface area (Å²) in [7, 11) is 1.19. The van der Waals surface area contributed by atoms with Gasteiger partial charge in [-0.3, -0.25) is 9.36 Å². The summed E-state index contributed by atoms with van der Waals surface area (Å²) < 4.78 is 23.1. The molecule has 0 heterocycles. The molecule has 0 rings (SSSR count). The maximum atomic E-state index is 12.8. The van der Waals surface area contributed by atoms with Crippen LogP contribution >= 0.6 is 7.82 Å². The third kappa shape index (κ3) is 37.1. The summed E-state index contributed by atoms with van der Waals surface area (Å²) in [6, 6.07) is -0.928. The van der Waals surface area contributed by atoms with Crippen molar-refractivity contribution in [1.82, 2.24) is 5.32 Å². The Balaban J connectivity index is 4.62. The molecule has 4 atom stereocenters. The van der Waals surface area contributed by atoms with E-state index < -0.39 is 26.6 Å². The largest absolute Gasteiger partial charge is 0.756 e. The van der Waals surface area contributed by atoms with Crippen LogP contribution in [0, 0.1) is 0 Å². The van der Waals surface area contributed by atoms with Gasteiger partial charge >= 0.3 is 0 Å². The standard InChI is InChI=1S/C44H81N2O7P/c1-6-8-10-11-12-13-14-15-16-20-23-26-29-32-36-43(48)42(40-53-54(50,51)52-39-38-46(3,4)5)45-44(49)37-33-30-27-24-21-18-17-19-22-25-28-31-35-41(47)34-9-7-2/h17-18,22,24-25,27,31-32,35-36,41-43,47-48H,6-16,19-21,23,26,28-30,33-34,37-40H2,1-5H3,(H-,45,49,50,51)/b18-17-,25-22-,27-24-,35-31-,36-32+/t41-,42+,43-/m1/s1. The van der Waals surface area contributed by atoms with Crippen LogP contribution in [0.1, 0.15) is 155 Å². The van der Waals surface area contributed by atoms with Gasteiger partial charge < -0.3 is 34.0 Å². The molecule has 0 aliphatic heterocycles. The van der Waals surface area contributed by atoms with Crippen LogP contribution in [0.4, 0.5) is 0 Å². The summed E-state index contributed by atoms with van der Waals surface area (Å²) in [6.07, 6.45) is 41.7. The summed E-state index contributed by atoms with van der Waals surface area (Å²) in [5, 5.41) is 23.5. The summed E-state index contributed by atoms with van der Waals surface area (Å²) in [5.74, 6) is -0.269. The number of rotatable bonds is 37. The van der Waals surface area contributed by atoms with Gasteiger partial charge in [-0.05, 0) is 51.4 Å². The molecular weight excluding hydrogens is 699 g/mol. The first-order chi connectivity index (χ1) is 25.9. The molecule has 0 aromatic carbocycles. The van der Waals surface area contributed by atoms with E-state index in [0.29, 0.717) is 17.4 Å². The van der Waals surface area contributed by atoms with Crippen molar-refractivity contribution in [3.63, 3.8) is 0 Å². The topological polar surface area (TPSA) is 128 Å². The molecule has 0 bridgehead atoms. The summed E-state index contributed by atoms with van der Waals surface area (Å²) in [5.41, 5.74) is 0. The fourth-order valence-electron chi connectivity index (χ4n) is 5.57. The SMILES string of the molecule is CCCCCCCCCCCCCC/C=C/[C@@H](O)[C@H](COP(=O)([O-])OCC[N+](C)(C)C)NC(=O)CCC/C=C\C/C=C\C/C=C\C/C=C\[C@H](O)CCCC. The predicted molar refractivity (Wildman–Crippen MR) is 225 cm³/mol. The number of aliphatic hydroxyl groups excluding tert-OH is 2. The zero-order valence-electron chi connectivity index (χ0n) is 35.0. The van der Waals surface area contributed by atoms with Crippen molar-refractivity contribution in [2.45, 2.75) is 173 Å². The van der Waals surface area contributed by atoms with E-state index in [9.17, 15) is 24.5 Å². The number of unbranched alkanes of at least 4 members (excludes halogenated alkanes) is 14. The molecule has 1 amide bonds. The van der Waals surface area contributed by atoms with E-state index in [1.807, 2.05) is 39.4 Å². The molecule has 0 aliphatic carbocycles. The molecule has 0 spiro atoms. The van der Waals surface area contributed by atoms with Gasteiger partial charge in [0.1, 0.15) is 13.2 Å². The average molecular weight is 781 g/mol. The summed E-state index contributed by atoms with van der Waals surface area (Å²) >= 11 is 0. The number of aliphatic hydroxyl groups is 2. The van der Waals surface area contributed by atoms with Crippen molar-refractivity contribution >= 4 is 13.7 Å². The first kappa shape index (κ1) is 52.2. The third-order valence-corrected chi connectivity index (χ3v) is 10.0. The van der Waals surface area contributed by atoms with E-state index in [-0.39, 0.29) is 25.0 Å². The van der Waals surface area contributed by atoms with E-state index in [0.717, 1.165) is 64.2 Å². The Bertz CT molecular complexity index is 1080. The van der Waals surface area contributed by atoms with Gasteiger partial charge in [0.15, 0.2) is 0 Å². The van der Waals surface area contributed by atoms with Crippen LogP contribution in [0.3, 0.4) is 0 Å². The molecule has 314 valence electrons. The van der Waals surface area contributed by atoms with Crippen molar-refractivity contribution in [2.75, 3.05) is 40.9 Å². The minimum absolute atomic E-state index is 0.0211. The number of likely N-dealkylation sites (N-methyl/N-ethyl adjacent to an activating group) is 1. The fourth-order valence-corrected chi connectivity index (χ4v) is 6.30. The first-order valence-electron chi connectivity index (χ1n) is 21.2. The van der Waals surface area contributed by atoms with Gasteiger partial charge in [0.25, 0.3) is 7.82 Å². The zero-order chi connectivity index (χ0) is 40.2. The normalized spacial score (nSPS) is 15.6. The summed E-state index contributed by atoms with van der Waals surface area (Å²) in [6.45, 7) is 4.42. The van der Waals surface area contributed by atoms with Crippen LogP contribution in [0.5, 0.6) is 0 Å². The number of hydrogen-bond acceptors (Lipinski definition) is 7. The van der Waals surface area contributed by atoms with Crippen molar-refractivity contribution < 1.29 is 38.0 Å². The van der Waals surface area contributed by atoms with Crippen LogP contribution in [-0.2, 0) is 18.4 Å². The maximum absolute atomic E-state index is 12.8. The summed E-state index contributed by atoms with van der Waals surface area (Å²) in [4.78, 5) is 25.2. The molecular formula is C44H81N2O7P. The van der Waals surface area contributed by atoms with Crippen LogP contribution in [0.2, 0.25) is 0 Å². The number of quaternary nitrogens is 1. The number of allylic oxidation sites excluding steroid dienone is 8. The molecule has 0 aliphatic rings. The lowest BCUT2D eigenvalue weighted by atomic mass is 10.0. The van der Waals surface area contributed by atoms with Gasteiger partial charge in [0, 0.05) is 6.42 Å². The zero-order valence-corrected chi connectivity index (χ0v) is 35.9. The number of amides is 1. The smallest absolute Gasteiger partial charge is 0.268 e. The Labute approximate surface area is 331 Å². The highest BCUT2D eigenvalue weighted by atomic mass is 31.2. The van der Waals surface area contributed by atoms with Crippen molar-refractivity contribution in [3.05, 3.63) is 60.8 Å². The van der Waals surface area contributed by atoms with Crippen molar-refractivity contribution in [3.8, 4) is 0 Å². The molecule has 3 N–H and O–H groups in total. The highest BCUT2D eigenvalue weighted by molar-refractivity contribution is 7.45. The highest BCUT2D eigenvalue weighted by Crippen LogP contribution is 2.38. The van der Waals surface area contributed by atoms with Gasteiger partial charge in [-0.25, -0.2) is 0 Å². The number of nitrogens with zero attached hydrogens (tertiary/aromatic N) is 1. The molecule has 0 saturated carbocycles. The number of nitrogens with one attached hydrogen (secondary N) is 1. The quantitative estimate of drug-likeness (QED) is 0.0248. The van der Waals surface area contributed by atoms with E-state index in [4.69, 9.17) is 9.05 Å². The highest BCUT2D eigenvalue weighted by Gasteiger charge is 2.23. The Morgan fingerprint density at radius 3 is 1.78 bits per heavy atom.